The quantitative estimate of drug-likeness (QED) is 0.579. The number of nitrogens with one attached hydrogen (secondary N) is 1. The lowest BCUT2D eigenvalue weighted by Crippen LogP contribution is -2.17. The summed E-state index contributed by atoms with van der Waals surface area (Å²) in [6.07, 6.45) is 4.10. The van der Waals surface area contributed by atoms with Gasteiger partial charge >= 0.3 is 0 Å². The average molecular weight is 377 g/mol. The number of aliphatic hydroxyl groups is 2. The van der Waals surface area contributed by atoms with E-state index in [0.29, 0.717) is 27.7 Å². The molecule has 2 heterocycles. The van der Waals surface area contributed by atoms with Crippen LogP contribution in [-0.2, 0) is 0 Å². The van der Waals surface area contributed by atoms with E-state index in [0.717, 1.165) is 0 Å². The van der Waals surface area contributed by atoms with Gasteiger partial charge in [-0.15, -0.1) is 0 Å². The highest BCUT2D eigenvalue weighted by atomic mass is 35.5. The van der Waals surface area contributed by atoms with E-state index < -0.39 is 12.0 Å². The van der Waals surface area contributed by atoms with Crippen LogP contribution in [0.2, 0.25) is 5.02 Å². The first-order valence-corrected chi connectivity index (χ1v) is 8.27. The molecule has 3 aromatic rings. The lowest BCUT2D eigenvalue weighted by atomic mass is 10.2. The van der Waals surface area contributed by atoms with Crippen LogP contribution in [0.4, 0.5) is 5.69 Å². The molecule has 0 spiro atoms. The largest absolute Gasteiger partial charge is 0.491 e. The Hall–Kier alpha value is -2.68. The van der Waals surface area contributed by atoms with Gasteiger partial charge in [-0.25, -0.2) is 9.50 Å². The SMILES string of the molecule is O=C(Nc1cc(Cl)ccc1OCCC(O)CO)c1cnn2cccnc12. The third-order valence-electron chi connectivity index (χ3n) is 3.63. The summed E-state index contributed by atoms with van der Waals surface area (Å²) in [4.78, 5) is 16.8. The van der Waals surface area contributed by atoms with Gasteiger partial charge in [-0.2, -0.15) is 5.10 Å². The number of amides is 1. The summed E-state index contributed by atoms with van der Waals surface area (Å²) < 4.78 is 7.09. The molecule has 136 valence electrons. The number of hydrogen-bond acceptors (Lipinski definition) is 6. The van der Waals surface area contributed by atoms with E-state index >= 15 is 0 Å². The van der Waals surface area contributed by atoms with E-state index in [4.69, 9.17) is 21.4 Å². The van der Waals surface area contributed by atoms with E-state index in [-0.39, 0.29) is 19.6 Å². The van der Waals surface area contributed by atoms with Gasteiger partial charge in [0.2, 0.25) is 0 Å². The first-order valence-electron chi connectivity index (χ1n) is 7.89. The lowest BCUT2D eigenvalue weighted by molar-refractivity contribution is 0.0754. The first kappa shape index (κ1) is 18.1. The van der Waals surface area contributed by atoms with Gasteiger partial charge in [-0.1, -0.05) is 11.6 Å². The molecule has 0 bridgehead atoms. The molecule has 0 aliphatic rings. The standard InChI is InChI=1S/C17H17ClN4O4/c18-11-2-3-15(26-7-4-12(24)10-23)14(8-11)21-17(25)13-9-20-22-6-1-5-19-16(13)22/h1-3,5-6,8-9,12,23-24H,4,7,10H2,(H,21,25). The fraction of sp³-hybridized carbons (Fsp3) is 0.235. The van der Waals surface area contributed by atoms with Crippen LogP contribution in [-0.4, -0.2) is 50.0 Å². The number of fused-ring (bicyclic) bond motifs is 1. The Morgan fingerprint density at radius 3 is 3.08 bits per heavy atom. The third kappa shape index (κ3) is 4.10. The molecule has 3 N–H and O–H groups in total. The van der Waals surface area contributed by atoms with Crippen LogP contribution in [0.3, 0.4) is 0 Å². The number of ether oxygens (including phenoxy) is 1. The predicted molar refractivity (Wildman–Crippen MR) is 95.6 cm³/mol. The molecule has 26 heavy (non-hydrogen) atoms. The number of carbonyl (C=O) groups is 1. The highest BCUT2D eigenvalue weighted by Crippen LogP contribution is 2.29. The van der Waals surface area contributed by atoms with Crippen LogP contribution in [0.5, 0.6) is 5.75 Å². The maximum Gasteiger partial charge on any atom is 0.261 e. The van der Waals surface area contributed by atoms with Crippen LogP contribution in [0.25, 0.3) is 5.65 Å². The van der Waals surface area contributed by atoms with Crippen LogP contribution in [0.1, 0.15) is 16.8 Å². The van der Waals surface area contributed by atoms with Crippen molar-refractivity contribution in [2.75, 3.05) is 18.5 Å². The number of aliphatic hydroxyl groups excluding tert-OH is 2. The molecule has 0 saturated heterocycles. The summed E-state index contributed by atoms with van der Waals surface area (Å²) in [5, 5.41) is 25.5. The van der Waals surface area contributed by atoms with E-state index in [9.17, 15) is 9.90 Å². The minimum absolute atomic E-state index is 0.171. The molecule has 0 aliphatic heterocycles. The topological polar surface area (TPSA) is 109 Å². The van der Waals surface area contributed by atoms with Gasteiger partial charge in [0, 0.05) is 23.8 Å². The molecular weight excluding hydrogens is 360 g/mol. The monoisotopic (exact) mass is 376 g/mol. The van der Waals surface area contributed by atoms with Crippen molar-refractivity contribution in [3.63, 3.8) is 0 Å². The summed E-state index contributed by atoms with van der Waals surface area (Å²) in [5.74, 6) is -0.00136. The van der Waals surface area contributed by atoms with Crippen molar-refractivity contribution in [3.05, 3.63) is 53.4 Å². The van der Waals surface area contributed by atoms with Gasteiger partial charge in [0.15, 0.2) is 5.65 Å². The van der Waals surface area contributed by atoms with Crippen molar-refractivity contribution >= 4 is 28.8 Å². The van der Waals surface area contributed by atoms with Crippen molar-refractivity contribution < 1.29 is 19.7 Å². The van der Waals surface area contributed by atoms with E-state index in [2.05, 4.69) is 15.4 Å². The number of rotatable bonds is 7. The minimum atomic E-state index is -0.856. The fourth-order valence-electron chi connectivity index (χ4n) is 2.30. The van der Waals surface area contributed by atoms with Crippen LogP contribution in [0.15, 0.2) is 42.9 Å². The molecule has 1 atom stereocenters. The van der Waals surface area contributed by atoms with Crippen LogP contribution in [0, 0.1) is 0 Å². The highest BCUT2D eigenvalue weighted by Gasteiger charge is 2.16. The number of carbonyl (C=O) groups excluding carboxylic acids is 1. The van der Waals surface area contributed by atoms with Gasteiger partial charge in [0.05, 0.1) is 31.2 Å². The van der Waals surface area contributed by atoms with Crippen molar-refractivity contribution in [3.8, 4) is 5.75 Å². The number of anilines is 1. The Labute approximate surface area is 154 Å². The molecule has 8 nitrogen and oxygen atoms in total. The Morgan fingerprint density at radius 1 is 1.42 bits per heavy atom. The van der Waals surface area contributed by atoms with Gasteiger partial charge in [-0.3, -0.25) is 4.79 Å². The maximum absolute atomic E-state index is 12.6. The van der Waals surface area contributed by atoms with Crippen molar-refractivity contribution in [1.82, 2.24) is 14.6 Å². The molecular formula is C17H17ClN4O4. The number of halogens is 1. The smallest absolute Gasteiger partial charge is 0.261 e. The molecule has 9 heteroatoms. The second kappa shape index (κ2) is 8.13. The lowest BCUT2D eigenvalue weighted by Gasteiger charge is -2.14. The summed E-state index contributed by atoms with van der Waals surface area (Å²) in [6.45, 7) is -0.167. The highest BCUT2D eigenvalue weighted by molar-refractivity contribution is 6.31. The number of benzene rings is 1. The van der Waals surface area contributed by atoms with Gasteiger partial charge < -0.3 is 20.3 Å². The zero-order valence-electron chi connectivity index (χ0n) is 13.7. The summed E-state index contributed by atoms with van der Waals surface area (Å²) in [7, 11) is 0. The van der Waals surface area contributed by atoms with Crippen LogP contribution < -0.4 is 10.1 Å². The fourth-order valence-corrected chi connectivity index (χ4v) is 2.47. The van der Waals surface area contributed by atoms with Crippen molar-refractivity contribution in [2.45, 2.75) is 12.5 Å². The first-order chi connectivity index (χ1) is 12.6. The Kier molecular flexibility index (Phi) is 5.67. The molecule has 3 rings (SSSR count). The Morgan fingerprint density at radius 2 is 2.27 bits per heavy atom. The molecule has 1 aromatic carbocycles. The molecule has 0 aliphatic carbocycles. The zero-order chi connectivity index (χ0) is 18.5. The molecule has 2 aromatic heterocycles. The zero-order valence-corrected chi connectivity index (χ0v) is 14.4. The van der Waals surface area contributed by atoms with Crippen LogP contribution >= 0.6 is 11.6 Å². The number of hydrogen-bond donors (Lipinski definition) is 3. The Balaban J connectivity index is 1.78. The molecule has 1 unspecified atom stereocenters. The minimum Gasteiger partial charge on any atom is -0.491 e. The van der Waals surface area contributed by atoms with Crippen molar-refractivity contribution in [1.29, 1.82) is 0 Å². The van der Waals surface area contributed by atoms with Gasteiger partial charge in [0.25, 0.3) is 5.91 Å². The summed E-state index contributed by atoms with van der Waals surface area (Å²) >= 11 is 6.02. The Bertz CT molecular complexity index is 915. The second-order valence-electron chi connectivity index (χ2n) is 5.51. The number of aromatic nitrogens is 3. The maximum atomic E-state index is 12.6. The van der Waals surface area contributed by atoms with E-state index in [1.165, 1.54) is 10.7 Å². The predicted octanol–water partition coefficient (Wildman–Crippen LogP) is 1.76. The molecule has 1 amide bonds. The van der Waals surface area contributed by atoms with E-state index in [1.54, 1.807) is 36.7 Å². The normalized spacial score (nSPS) is 12.1. The van der Waals surface area contributed by atoms with E-state index in [1.807, 2.05) is 0 Å². The average Bonchev–Trinajstić information content (AvgIpc) is 3.07. The summed E-state index contributed by atoms with van der Waals surface area (Å²) in [6, 6.07) is 6.53. The van der Waals surface area contributed by atoms with Gasteiger partial charge in [0.1, 0.15) is 11.3 Å². The number of nitrogens with zero attached hydrogens (tertiary/aromatic N) is 3. The molecule has 0 radical (unpaired) electrons. The third-order valence-corrected chi connectivity index (χ3v) is 3.87. The molecule has 0 fully saturated rings. The van der Waals surface area contributed by atoms with Gasteiger partial charge in [-0.05, 0) is 24.3 Å². The second-order valence-corrected chi connectivity index (χ2v) is 5.95. The van der Waals surface area contributed by atoms with Crippen molar-refractivity contribution in [2.24, 2.45) is 0 Å². The molecule has 0 saturated carbocycles. The summed E-state index contributed by atoms with van der Waals surface area (Å²) in [5.41, 5.74) is 1.13.